The van der Waals surface area contributed by atoms with E-state index in [1.807, 2.05) is 27.2 Å². The lowest BCUT2D eigenvalue weighted by molar-refractivity contribution is -0.870. The first-order valence-electron chi connectivity index (χ1n) is 32.4. The zero-order valence-corrected chi connectivity index (χ0v) is 52.7. The Morgan fingerprint density at radius 3 is 1.11 bits per heavy atom. The summed E-state index contributed by atoms with van der Waals surface area (Å²) >= 11 is 0. The summed E-state index contributed by atoms with van der Waals surface area (Å²) in [7, 11) is 1.56. The third kappa shape index (κ3) is 62.4. The van der Waals surface area contributed by atoms with Gasteiger partial charge in [-0.3, -0.25) is 13.8 Å². The Morgan fingerprint density at radius 2 is 0.759 bits per heavy atom. The van der Waals surface area contributed by atoms with E-state index in [0.717, 1.165) is 96.3 Å². The molecule has 9 heteroatoms. The quantitative estimate of drug-likeness (QED) is 0.0243. The van der Waals surface area contributed by atoms with Gasteiger partial charge in [0.1, 0.15) is 13.2 Å². The number of hydrogen-bond acceptors (Lipinski definition) is 5. The van der Waals surface area contributed by atoms with Crippen molar-refractivity contribution in [3.05, 3.63) is 122 Å². The minimum atomic E-state index is -4.35. The number of aliphatic hydroxyl groups excluding tert-OH is 1. The molecule has 79 heavy (non-hydrogen) atoms. The van der Waals surface area contributed by atoms with Gasteiger partial charge in [0.15, 0.2) is 0 Å². The lowest BCUT2D eigenvalue weighted by atomic mass is 10.0. The van der Waals surface area contributed by atoms with E-state index in [1.54, 1.807) is 6.08 Å². The molecule has 0 aliphatic rings. The summed E-state index contributed by atoms with van der Waals surface area (Å²) in [6.07, 6.45) is 88.9. The largest absolute Gasteiger partial charge is 0.472 e. The Kier molecular flexibility index (Phi) is 57.2. The highest BCUT2D eigenvalue weighted by Crippen LogP contribution is 2.43. The average Bonchev–Trinajstić information content (AvgIpc) is 3.42. The molecule has 3 unspecified atom stereocenters. The van der Waals surface area contributed by atoms with Gasteiger partial charge in [-0.25, -0.2) is 4.57 Å². The Labute approximate surface area is 488 Å². The predicted octanol–water partition coefficient (Wildman–Crippen LogP) is 20.5. The monoisotopic (exact) mass is 1120 g/mol. The van der Waals surface area contributed by atoms with Gasteiger partial charge in [0.25, 0.3) is 0 Å². The number of aliphatic hydroxyl groups is 1. The number of nitrogens with one attached hydrogen (secondary N) is 1. The average molecular weight is 1120 g/mol. The zero-order chi connectivity index (χ0) is 57.7. The molecule has 0 spiro atoms. The number of quaternary nitrogens is 1. The van der Waals surface area contributed by atoms with Crippen molar-refractivity contribution in [2.45, 2.75) is 276 Å². The second kappa shape index (κ2) is 59.5. The van der Waals surface area contributed by atoms with Crippen molar-refractivity contribution in [2.75, 3.05) is 40.9 Å². The smallest absolute Gasteiger partial charge is 0.387 e. The first kappa shape index (κ1) is 75.9. The second-order valence-electron chi connectivity index (χ2n) is 22.8. The van der Waals surface area contributed by atoms with Gasteiger partial charge in [-0.2, -0.15) is 0 Å². The van der Waals surface area contributed by atoms with Gasteiger partial charge in [0.05, 0.1) is 39.9 Å². The first-order chi connectivity index (χ1) is 38.5. The van der Waals surface area contributed by atoms with Gasteiger partial charge in [0, 0.05) is 6.42 Å². The maximum absolute atomic E-state index is 13.0. The molecule has 454 valence electrons. The van der Waals surface area contributed by atoms with Crippen LogP contribution in [0.25, 0.3) is 0 Å². The van der Waals surface area contributed by atoms with Crippen LogP contribution in [-0.4, -0.2) is 73.4 Å². The van der Waals surface area contributed by atoms with Crippen LogP contribution in [0.15, 0.2) is 122 Å². The van der Waals surface area contributed by atoms with E-state index in [4.69, 9.17) is 9.05 Å². The molecule has 0 aromatic carbocycles. The highest BCUT2D eigenvalue weighted by Gasteiger charge is 2.27. The Morgan fingerprint density at radius 1 is 0.443 bits per heavy atom. The summed E-state index contributed by atoms with van der Waals surface area (Å²) < 4.78 is 23.7. The second-order valence-corrected chi connectivity index (χ2v) is 24.2. The predicted molar refractivity (Wildman–Crippen MR) is 345 cm³/mol. The van der Waals surface area contributed by atoms with E-state index in [9.17, 15) is 19.4 Å². The third-order valence-electron chi connectivity index (χ3n) is 13.9. The number of carbonyl (C=O) groups is 1. The molecule has 0 saturated heterocycles. The van der Waals surface area contributed by atoms with Crippen LogP contribution in [0, 0.1) is 0 Å². The van der Waals surface area contributed by atoms with Crippen LogP contribution in [0.4, 0.5) is 0 Å². The van der Waals surface area contributed by atoms with Gasteiger partial charge >= 0.3 is 7.82 Å². The minimum absolute atomic E-state index is 0.0574. The maximum Gasteiger partial charge on any atom is 0.472 e. The number of likely N-dealkylation sites (N-methyl/N-ethyl adjacent to an activating group) is 1. The van der Waals surface area contributed by atoms with Crippen molar-refractivity contribution in [2.24, 2.45) is 0 Å². The maximum atomic E-state index is 13.0. The van der Waals surface area contributed by atoms with E-state index in [-0.39, 0.29) is 19.1 Å². The van der Waals surface area contributed by atoms with Crippen molar-refractivity contribution < 1.29 is 32.9 Å². The number of unbranched alkanes of at least 4 members (excludes halogenated alkanes) is 27. The molecule has 3 N–H and O–H groups in total. The van der Waals surface area contributed by atoms with Gasteiger partial charge < -0.3 is 19.8 Å². The number of phosphoric ester groups is 1. The van der Waals surface area contributed by atoms with E-state index >= 15 is 0 Å². The molecule has 0 bridgehead atoms. The number of rotatable bonds is 58. The molecule has 0 aliphatic carbocycles. The van der Waals surface area contributed by atoms with Gasteiger partial charge in [-0.05, 0) is 89.9 Å². The van der Waals surface area contributed by atoms with Crippen LogP contribution in [0.1, 0.15) is 264 Å². The van der Waals surface area contributed by atoms with Crippen LogP contribution in [-0.2, 0) is 18.4 Å². The molecule has 0 fully saturated rings. The molecular formula is C70H124N2O6P+. The standard InChI is InChI=1S/C70H123N2O6P/c1-6-8-10-12-14-16-18-20-22-24-25-26-27-28-29-30-31-32-33-34-35-36-37-38-39-40-41-42-43-44-45-46-47-48-50-52-54-56-58-60-62-64-70(74)71-68(67-78-79(75,76)77-66-65-72(3,4)5)69(73)63-61-59-57-55-53-51-49-23-21-19-17-15-13-11-9-7-2/h8,10,14,16,20,22,25-26,28-29,31-32,34-35,37-38,40-41,61,63,68-69,73H,6-7,9,11-13,15,17-19,21,23-24,27,30,33,36,39,42-60,62,64-67H2,1-5H3,(H-,71,74,75,76)/p+1/b10-8-,16-14-,22-20-,26-25-,29-28-,32-31-,35-34-,38-37-,41-40-,63-61+. The fraction of sp³-hybridized carbons (Fsp3) is 0.700. The van der Waals surface area contributed by atoms with Gasteiger partial charge in [-0.1, -0.05) is 289 Å². The summed E-state index contributed by atoms with van der Waals surface area (Å²) in [6.45, 7) is 4.70. The molecule has 3 atom stereocenters. The zero-order valence-electron chi connectivity index (χ0n) is 51.8. The summed E-state index contributed by atoms with van der Waals surface area (Å²) in [6, 6.07) is -0.854. The first-order valence-corrected chi connectivity index (χ1v) is 33.9. The molecule has 0 aliphatic heterocycles. The molecule has 0 saturated carbocycles. The lowest BCUT2D eigenvalue weighted by Crippen LogP contribution is -2.45. The van der Waals surface area contributed by atoms with Crippen LogP contribution in [0.2, 0.25) is 0 Å². The Bertz CT molecular complexity index is 1700. The highest BCUT2D eigenvalue weighted by molar-refractivity contribution is 7.47. The summed E-state index contributed by atoms with van der Waals surface area (Å²) in [5.74, 6) is -0.181. The molecule has 8 nitrogen and oxygen atoms in total. The van der Waals surface area contributed by atoms with Crippen LogP contribution < -0.4 is 5.32 Å². The Hall–Kier alpha value is -3.10. The fourth-order valence-electron chi connectivity index (χ4n) is 8.92. The topological polar surface area (TPSA) is 105 Å². The molecular weight excluding hydrogens is 996 g/mol. The van der Waals surface area contributed by atoms with Crippen LogP contribution in [0.5, 0.6) is 0 Å². The summed E-state index contributed by atoms with van der Waals surface area (Å²) in [5.41, 5.74) is 0. The van der Waals surface area contributed by atoms with E-state index in [1.165, 1.54) is 148 Å². The number of phosphoric acid groups is 1. The van der Waals surface area contributed by atoms with E-state index in [0.29, 0.717) is 17.4 Å². The lowest BCUT2D eigenvalue weighted by Gasteiger charge is -2.25. The number of amides is 1. The SMILES string of the molecule is CC/C=C\C/C=C\C/C=C\C/C=C\C/C=C\C/C=C\C/C=C\C/C=C\C/C=C\CCCCCCCCCCCCCCCC(=O)NC(COP(=O)(O)OCC[N+](C)(C)C)C(O)/C=C/CCCCCCCCCCCCCCCC. The van der Waals surface area contributed by atoms with Gasteiger partial charge in [-0.15, -0.1) is 0 Å². The summed E-state index contributed by atoms with van der Waals surface area (Å²) in [4.78, 5) is 23.3. The molecule has 0 aromatic heterocycles. The fourth-order valence-corrected chi connectivity index (χ4v) is 9.65. The van der Waals surface area contributed by atoms with Crippen molar-refractivity contribution >= 4 is 13.7 Å². The summed E-state index contributed by atoms with van der Waals surface area (Å²) in [5, 5.41) is 13.9. The number of carbonyl (C=O) groups excluding carboxylic acids is 1. The normalized spacial score (nSPS) is 14.6. The number of nitrogens with zero attached hydrogens (tertiary/aromatic N) is 1. The highest BCUT2D eigenvalue weighted by atomic mass is 31.2. The number of hydrogen-bond donors (Lipinski definition) is 3. The molecule has 0 radical (unpaired) electrons. The van der Waals surface area contributed by atoms with Crippen LogP contribution in [0.3, 0.4) is 0 Å². The molecule has 0 rings (SSSR count). The molecule has 0 heterocycles. The van der Waals surface area contributed by atoms with Crippen molar-refractivity contribution in [1.29, 1.82) is 0 Å². The Balaban J connectivity index is 4.05. The minimum Gasteiger partial charge on any atom is -0.387 e. The molecule has 0 aromatic rings. The van der Waals surface area contributed by atoms with Crippen molar-refractivity contribution in [3.8, 4) is 0 Å². The van der Waals surface area contributed by atoms with Crippen molar-refractivity contribution in [3.63, 3.8) is 0 Å². The van der Waals surface area contributed by atoms with Crippen LogP contribution >= 0.6 is 7.82 Å². The third-order valence-corrected chi connectivity index (χ3v) is 14.9. The van der Waals surface area contributed by atoms with Gasteiger partial charge in [0.2, 0.25) is 5.91 Å². The van der Waals surface area contributed by atoms with E-state index in [2.05, 4.69) is 129 Å². The molecule has 1 amide bonds. The van der Waals surface area contributed by atoms with Crippen molar-refractivity contribution in [1.82, 2.24) is 5.32 Å². The number of allylic oxidation sites excluding steroid dienone is 19. The van der Waals surface area contributed by atoms with E-state index < -0.39 is 20.0 Å².